The first-order chi connectivity index (χ1) is 17.1. The molecule has 35 heavy (non-hydrogen) atoms. The zero-order chi connectivity index (χ0) is 24.4. The Kier molecular flexibility index (Phi) is 6.79. The fourth-order valence-corrected chi connectivity index (χ4v) is 5.66. The molecule has 0 radical (unpaired) electrons. The van der Waals surface area contributed by atoms with Crippen LogP contribution < -0.4 is 16.0 Å². The maximum Gasteiger partial charge on any atom is 0.248 e. The third kappa shape index (κ3) is 4.66. The van der Waals surface area contributed by atoms with Gasteiger partial charge in [-0.25, -0.2) is 0 Å². The molecule has 2 aliphatic rings. The van der Waals surface area contributed by atoms with Crippen molar-refractivity contribution >= 4 is 22.5 Å². The second-order valence-electron chi connectivity index (χ2n) is 9.42. The molecule has 7 nitrogen and oxygen atoms in total. The fourth-order valence-electron chi connectivity index (χ4n) is 5.66. The number of carbonyl (C=O) groups excluding carboxylic acids is 1. The molecular formula is C28H34N4O3. The standard InChI is InChI=1S/C28H34N4O3/c1-34-27-9-8-23-22(4-3-5-25(23)30-35-2)24(27)13-16-31-14-11-21(12-15-31)32-17-10-19-6-7-20(28(29)33)18-26(19)32/h5-10,17-18,21,30H,3-4,11-16H2,1-2H3,(H2,29,33). The van der Waals surface area contributed by atoms with Crippen LogP contribution >= 0.6 is 0 Å². The number of allylic oxidation sites excluding steroid dienone is 1. The van der Waals surface area contributed by atoms with Crippen molar-refractivity contribution in [2.45, 2.75) is 38.1 Å². The van der Waals surface area contributed by atoms with Gasteiger partial charge in [0.1, 0.15) is 5.75 Å². The van der Waals surface area contributed by atoms with E-state index in [1.807, 2.05) is 12.1 Å². The fraction of sp³-hybridized carbons (Fsp3) is 0.393. The van der Waals surface area contributed by atoms with E-state index in [-0.39, 0.29) is 5.91 Å². The minimum Gasteiger partial charge on any atom is -0.496 e. The molecule has 1 saturated heterocycles. The number of methoxy groups -OCH3 is 1. The highest BCUT2D eigenvalue weighted by molar-refractivity contribution is 5.97. The summed E-state index contributed by atoms with van der Waals surface area (Å²) in [6, 6.07) is 12.5. The number of nitrogens with one attached hydrogen (secondary N) is 1. The summed E-state index contributed by atoms with van der Waals surface area (Å²) in [6.45, 7) is 3.11. The average molecular weight is 475 g/mol. The Balaban J connectivity index is 1.26. The van der Waals surface area contributed by atoms with Gasteiger partial charge in [-0.05, 0) is 78.9 Å². The molecule has 0 spiro atoms. The molecule has 1 aliphatic heterocycles. The molecule has 1 fully saturated rings. The van der Waals surface area contributed by atoms with Gasteiger partial charge in [-0.3, -0.25) is 15.1 Å². The van der Waals surface area contributed by atoms with Crippen LogP contribution in [0, 0.1) is 0 Å². The summed E-state index contributed by atoms with van der Waals surface area (Å²) in [7, 11) is 3.41. The molecule has 3 N–H and O–H groups in total. The van der Waals surface area contributed by atoms with Gasteiger partial charge in [0.15, 0.2) is 0 Å². The highest BCUT2D eigenvalue weighted by Crippen LogP contribution is 2.34. The summed E-state index contributed by atoms with van der Waals surface area (Å²) in [5, 5.41) is 1.15. The SMILES string of the molecule is CONC1=CCCc2c1ccc(OC)c2CCN1CCC(n2ccc3ccc(C(N)=O)cc32)CC1. The first-order valence-corrected chi connectivity index (χ1v) is 12.4. The van der Waals surface area contributed by atoms with Gasteiger partial charge >= 0.3 is 0 Å². The number of nitrogens with zero attached hydrogens (tertiary/aromatic N) is 2. The van der Waals surface area contributed by atoms with Gasteiger partial charge in [0.2, 0.25) is 5.91 Å². The van der Waals surface area contributed by atoms with E-state index in [1.54, 1.807) is 20.3 Å². The molecule has 0 unspecified atom stereocenters. The van der Waals surface area contributed by atoms with Crippen LogP contribution in [0.2, 0.25) is 0 Å². The van der Waals surface area contributed by atoms with Crippen LogP contribution in [0.4, 0.5) is 0 Å². The number of benzene rings is 2. The molecule has 2 aromatic carbocycles. The van der Waals surface area contributed by atoms with E-state index in [0.29, 0.717) is 11.6 Å². The quantitative estimate of drug-likeness (QED) is 0.481. The minimum absolute atomic E-state index is 0.381. The lowest BCUT2D eigenvalue weighted by Gasteiger charge is -2.33. The summed E-state index contributed by atoms with van der Waals surface area (Å²) in [6.07, 6.45) is 9.49. The Morgan fingerprint density at radius 1 is 1.14 bits per heavy atom. The predicted molar refractivity (Wildman–Crippen MR) is 138 cm³/mol. The van der Waals surface area contributed by atoms with Gasteiger partial charge < -0.3 is 19.9 Å². The Hall–Kier alpha value is -3.29. The number of primary amides is 1. The number of aromatic nitrogens is 1. The molecular weight excluding hydrogens is 440 g/mol. The van der Waals surface area contributed by atoms with Crippen molar-refractivity contribution in [3.63, 3.8) is 0 Å². The Labute approximate surface area is 206 Å². The number of amides is 1. The minimum atomic E-state index is -0.381. The van der Waals surface area contributed by atoms with E-state index in [2.05, 4.69) is 45.4 Å². The maximum atomic E-state index is 11.7. The van der Waals surface area contributed by atoms with Crippen molar-refractivity contribution in [3.8, 4) is 5.75 Å². The number of fused-ring (bicyclic) bond motifs is 2. The zero-order valence-corrected chi connectivity index (χ0v) is 20.5. The van der Waals surface area contributed by atoms with Crippen molar-refractivity contribution < 1.29 is 14.4 Å². The van der Waals surface area contributed by atoms with Crippen molar-refractivity contribution in [1.29, 1.82) is 0 Å². The van der Waals surface area contributed by atoms with E-state index in [1.165, 1.54) is 16.7 Å². The van der Waals surface area contributed by atoms with Gasteiger partial charge in [-0.2, -0.15) is 0 Å². The van der Waals surface area contributed by atoms with Gasteiger partial charge in [-0.1, -0.05) is 12.1 Å². The lowest BCUT2D eigenvalue weighted by Crippen LogP contribution is -2.36. The van der Waals surface area contributed by atoms with Gasteiger partial charge in [0.25, 0.3) is 0 Å². The predicted octanol–water partition coefficient (Wildman–Crippen LogP) is 4.07. The number of ether oxygens (including phenoxy) is 1. The second-order valence-corrected chi connectivity index (χ2v) is 9.42. The molecule has 2 heterocycles. The molecule has 7 heteroatoms. The number of likely N-dealkylation sites (tertiary alicyclic amines) is 1. The number of nitrogens with two attached hydrogens (primary N) is 1. The second kappa shape index (κ2) is 10.1. The number of hydrogen-bond donors (Lipinski definition) is 2. The van der Waals surface area contributed by atoms with Gasteiger partial charge in [0.05, 0.1) is 19.9 Å². The summed E-state index contributed by atoms with van der Waals surface area (Å²) < 4.78 is 8.08. The third-order valence-corrected chi connectivity index (χ3v) is 7.49. The van der Waals surface area contributed by atoms with E-state index in [0.717, 1.165) is 74.1 Å². The van der Waals surface area contributed by atoms with Crippen LogP contribution in [0.5, 0.6) is 5.75 Å². The topological polar surface area (TPSA) is 81.8 Å². The summed E-state index contributed by atoms with van der Waals surface area (Å²) in [5.41, 5.74) is 15.1. The van der Waals surface area contributed by atoms with E-state index >= 15 is 0 Å². The summed E-state index contributed by atoms with van der Waals surface area (Å²) in [5.74, 6) is 0.593. The van der Waals surface area contributed by atoms with Gasteiger partial charge in [-0.15, -0.1) is 0 Å². The Bertz CT molecular complexity index is 1250. The van der Waals surface area contributed by atoms with Gasteiger partial charge in [0, 0.05) is 48.5 Å². The lowest BCUT2D eigenvalue weighted by molar-refractivity contribution is 0.100. The van der Waals surface area contributed by atoms with Crippen molar-refractivity contribution in [1.82, 2.24) is 14.9 Å². The van der Waals surface area contributed by atoms with Crippen molar-refractivity contribution in [2.75, 3.05) is 33.9 Å². The van der Waals surface area contributed by atoms with Crippen LogP contribution in [-0.2, 0) is 17.7 Å². The first-order valence-electron chi connectivity index (χ1n) is 12.4. The number of carbonyl (C=O) groups is 1. The van der Waals surface area contributed by atoms with E-state index in [9.17, 15) is 4.79 Å². The maximum absolute atomic E-state index is 11.7. The van der Waals surface area contributed by atoms with Crippen LogP contribution in [-0.4, -0.2) is 49.2 Å². The van der Waals surface area contributed by atoms with Crippen molar-refractivity contribution in [3.05, 3.63) is 70.9 Å². The monoisotopic (exact) mass is 474 g/mol. The summed E-state index contributed by atoms with van der Waals surface area (Å²) >= 11 is 0. The molecule has 0 saturated carbocycles. The number of hydrogen-bond acceptors (Lipinski definition) is 5. The molecule has 0 atom stereocenters. The van der Waals surface area contributed by atoms with Crippen LogP contribution in [0.1, 0.15) is 52.4 Å². The number of piperidine rings is 1. The molecule has 0 bridgehead atoms. The largest absolute Gasteiger partial charge is 0.496 e. The molecule has 3 aromatic rings. The molecule has 5 rings (SSSR count). The number of hydroxylamine groups is 1. The highest BCUT2D eigenvalue weighted by atomic mass is 16.6. The summed E-state index contributed by atoms with van der Waals surface area (Å²) in [4.78, 5) is 19.4. The Morgan fingerprint density at radius 3 is 2.71 bits per heavy atom. The molecule has 184 valence electrons. The molecule has 1 aliphatic carbocycles. The molecule has 1 amide bonds. The smallest absolute Gasteiger partial charge is 0.248 e. The average Bonchev–Trinajstić information content (AvgIpc) is 3.31. The van der Waals surface area contributed by atoms with E-state index in [4.69, 9.17) is 15.3 Å². The van der Waals surface area contributed by atoms with Crippen molar-refractivity contribution in [2.24, 2.45) is 5.73 Å². The van der Waals surface area contributed by atoms with Crippen LogP contribution in [0.15, 0.2) is 48.7 Å². The highest BCUT2D eigenvalue weighted by Gasteiger charge is 2.24. The zero-order valence-electron chi connectivity index (χ0n) is 20.5. The lowest BCUT2D eigenvalue weighted by atomic mass is 9.88. The van der Waals surface area contributed by atoms with Crippen LogP contribution in [0.25, 0.3) is 16.6 Å². The molecule has 1 aromatic heterocycles. The normalized spacial score (nSPS) is 16.7. The Morgan fingerprint density at radius 2 is 1.97 bits per heavy atom. The third-order valence-electron chi connectivity index (χ3n) is 7.49. The number of rotatable bonds is 8. The van der Waals surface area contributed by atoms with Crippen LogP contribution in [0.3, 0.4) is 0 Å². The first kappa shape index (κ1) is 23.5. The van der Waals surface area contributed by atoms with E-state index < -0.39 is 0 Å².